The van der Waals surface area contributed by atoms with Gasteiger partial charge in [-0.05, 0) is 53.6 Å². The summed E-state index contributed by atoms with van der Waals surface area (Å²) in [6.45, 7) is 0.328. The van der Waals surface area contributed by atoms with Crippen molar-refractivity contribution in [1.82, 2.24) is 0 Å². The smallest absolute Gasteiger partial charge is 0.192 e. The first-order valence-corrected chi connectivity index (χ1v) is 9.94. The minimum Gasteiger partial charge on any atom is -0.493 e. The molecule has 2 aromatic carbocycles. The molecule has 0 aliphatic carbocycles. The second kappa shape index (κ2) is 8.21. The van der Waals surface area contributed by atoms with E-state index in [-0.39, 0.29) is 6.42 Å². The molecule has 1 saturated heterocycles. The van der Waals surface area contributed by atoms with Crippen molar-refractivity contribution >= 4 is 17.4 Å². The number of Topliss-reactive ketones (excluding diaryl/α,β-unsaturated/α-hetero) is 1. The molecule has 0 aromatic heterocycles. The number of aryl methyl sites for hydroxylation is 1. The quantitative estimate of drug-likeness (QED) is 0.822. The van der Waals surface area contributed by atoms with Crippen LogP contribution in [0.25, 0.3) is 0 Å². The minimum atomic E-state index is -1.13. The van der Waals surface area contributed by atoms with Gasteiger partial charge in [-0.15, -0.1) is 0 Å². The van der Waals surface area contributed by atoms with Crippen LogP contribution in [0.2, 0.25) is 5.02 Å². The topological polar surface area (TPSA) is 76.0 Å². The Kier molecular flexibility index (Phi) is 5.69. The molecule has 0 saturated carbocycles. The summed E-state index contributed by atoms with van der Waals surface area (Å²) in [6, 6.07) is 11.8. The van der Waals surface area contributed by atoms with Crippen LogP contribution in [0.1, 0.15) is 41.2 Å². The molecule has 28 heavy (non-hydrogen) atoms. The SMILES string of the molecule is O=C1C(O)CC(c2ccc(Cl)c(Cc3ccc4c(c3)CCCO4)c2)OC1CO. The molecular formula is C22H23ClO5. The molecule has 3 atom stereocenters. The van der Waals surface area contributed by atoms with Gasteiger partial charge in [0.1, 0.15) is 18.0 Å². The first-order valence-electron chi connectivity index (χ1n) is 9.56. The number of carbonyl (C=O) groups is 1. The number of fused-ring (bicyclic) bond motifs is 1. The predicted octanol–water partition coefficient (Wildman–Crippen LogP) is 3.01. The molecule has 148 valence electrons. The van der Waals surface area contributed by atoms with E-state index in [4.69, 9.17) is 21.1 Å². The lowest BCUT2D eigenvalue weighted by atomic mass is 9.93. The third-order valence-electron chi connectivity index (χ3n) is 5.39. The highest BCUT2D eigenvalue weighted by Crippen LogP contribution is 2.33. The van der Waals surface area contributed by atoms with Crippen LogP contribution in [0.3, 0.4) is 0 Å². The molecule has 2 aliphatic heterocycles. The molecule has 6 heteroatoms. The van der Waals surface area contributed by atoms with Gasteiger partial charge in [0.2, 0.25) is 0 Å². The van der Waals surface area contributed by atoms with Gasteiger partial charge in [-0.1, -0.05) is 35.9 Å². The summed E-state index contributed by atoms with van der Waals surface area (Å²) in [5.41, 5.74) is 4.16. The summed E-state index contributed by atoms with van der Waals surface area (Å²) >= 11 is 6.43. The van der Waals surface area contributed by atoms with Gasteiger partial charge in [0, 0.05) is 11.4 Å². The number of aliphatic hydroxyl groups excluding tert-OH is 2. The Balaban J connectivity index is 1.57. The van der Waals surface area contributed by atoms with Gasteiger partial charge in [0.25, 0.3) is 0 Å². The van der Waals surface area contributed by atoms with E-state index in [0.29, 0.717) is 11.4 Å². The lowest BCUT2D eigenvalue weighted by Gasteiger charge is -2.31. The molecular weight excluding hydrogens is 380 g/mol. The van der Waals surface area contributed by atoms with Crippen LogP contribution in [0.4, 0.5) is 0 Å². The van der Waals surface area contributed by atoms with E-state index < -0.39 is 30.7 Å². The van der Waals surface area contributed by atoms with Crippen molar-refractivity contribution in [1.29, 1.82) is 0 Å². The van der Waals surface area contributed by atoms with Crippen LogP contribution >= 0.6 is 11.6 Å². The normalized spacial score (nSPS) is 24.5. The minimum absolute atomic E-state index is 0.173. The van der Waals surface area contributed by atoms with Crippen molar-refractivity contribution in [3.05, 3.63) is 63.7 Å². The van der Waals surface area contributed by atoms with Crippen LogP contribution in [-0.2, 0) is 22.4 Å². The number of carbonyl (C=O) groups excluding carboxylic acids is 1. The second-order valence-corrected chi connectivity index (χ2v) is 7.78. The molecule has 0 bridgehead atoms. The van der Waals surface area contributed by atoms with Gasteiger partial charge in [0.15, 0.2) is 5.78 Å². The molecule has 5 nitrogen and oxygen atoms in total. The third kappa shape index (κ3) is 3.94. The van der Waals surface area contributed by atoms with E-state index in [2.05, 4.69) is 12.1 Å². The lowest BCUT2D eigenvalue weighted by Crippen LogP contribution is -2.43. The molecule has 4 rings (SSSR count). The Morgan fingerprint density at radius 3 is 2.86 bits per heavy atom. The zero-order valence-corrected chi connectivity index (χ0v) is 16.2. The maximum Gasteiger partial charge on any atom is 0.192 e. The van der Waals surface area contributed by atoms with Crippen LogP contribution in [0.15, 0.2) is 36.4 Å². The maximum atomic E-state index is 11.8. The molecule has 2 aromatic rings. The fraction of sp³-hybridized carbons (Fsp3) is 0.409. The first-order chi connectivity index (χ1) is 13.5. The maximum absolute atomic E-state index is 11.8. The van der Waals surface area contributed by atoms with E-state index in [1.807, 2.05) is 24.3 Å². The zero-order chi connectivity index (χ0) is 19.7. The zero-order valence-electron chi connectivity index (χ0n) is 15.4. The van der Waals surface area contributed by atoms with E-state index in [0.717, 1.165) is 41.9 Å². The number of halogens is 1. The van der Waals surface area contributed by atoms with E-state index in [1.165, 1.54) is 5.56 Å². The number of hydrogen-bond donors (Lipinski definition) is 2. The monoisotopic (exact) mass is 402 g/mol. The molecule has 2 heterocycles. The Bertz CT molecular complexity index is 881. The number of ketones is 1. The summed E-state index contributed by atoms with van der Waals surface area (Å²) < 4.78 is 11.4. The Labute approximate surface area is 168 Å². The average Bonchev–Trinajstić information content (AvgIpc) is 2.71. The van der Waals surface area contributed by atoms with Crippen LogP contribution in [0.5, 0.6) is 5.75 Å². The van der Waals surface area contributed by atoms with E-state index in [1.54, 1.807) is 0 Å². The summed E-state index contributed by atoms with van der Waals surface area (Å²) in [5, 5.41) is 20.0. The largest absolute Gasteiger partial charge is 0.493 e. The number of rotatable bonds is 4. The molecule has 2 N–H and O–H groups in total. The molecule has 2 aliphatic rings. The molecule has 0 amide bonds. The van der Waals surface area contributed by atoms with Gasteiger partial charge >= 0.3 is 0 Å². The van der Waals surface area contributed by atoms with Crippen molar-refractivity contribution in [2.24, 2.45) is 0 Å². The van der Waals surface area contributed by atoms with Crippen molar-refractivity contribution in [2.45, 2.75) is 44.0 Å². The van der Waals surface area contributed by atoms with Crippen molar-refractivity contribution in [3.8, 4) is 5.75 Å². The molecule has 3 unspecified atom stereocenters. The summed E-state index contributed by atoms with van der Waals surface area (Å²) in [6.07, 6.45) is 0.298. The summed E-state index contributed by atoms with van der Waals surface area (Å²) in [4.78, 5) is 11.8. The summed E-state index contributed by atoms with van der Waals surface area (Å²) in [5.74, 6) is 0.489. The highest BCUT2D eigenvalue weighted by Gasteiger charge is 2.36. The number of ether oxygens (including phenoxy) is 2. The van der Waals surface area contributed by atoms with Gasteiger partial charge in [-0.3, -0.25) is 4.79 Å². The van der Waals surface area contributed by atoms with Crippen molar-refractivity contribution < 1.29 is 24.5 Å². The standard InChI is InChI=1S/C22H23ClO5/c23-17-5-4-15(20-11-18(25)22(26)21(12-24)28-20)10-16(17)9-13-3-6-19-14(8-13)2-1-7-27-19/h3-6,8,10,18,20-21,24-25H,1-2,7,9,11-12H2. The average molecular weight is 403 g/mol. The highest BCUT2D eigenvalue weighted by atomic mass is 35.5. The van der Waals surface area contributed by atoms with E-state index >= 15 is 0 Å². The molecule has 1 fully saturated rings. The predicted molar refractivity (Wildman–Crippen MR) is 105 cm³/mol. The van der Waals surface area contributed by atoms with E-state index in [9.17, 15) is 15.0 Å². The Morgan fingerprint density at radius 1 is 1.18 bits per heavy atom. The fourth-order valence-electron chi connectivity index (χ4n) is 3.88. The van der Waals surface area contributed by atoms with Gasteiger partial charge in [0.05, 0.1) is 19.3 Å². The highest BCUT2D eigenvalue weighted by molar-refractivity contribution is 6.31. The number of hydrogen-bond acceptors (Lipinski definition) is 5. The Hall–Kier alpha value is -1.92. The van der Waals surface area contributed by atoms with Crippen molar-refractivity contribution in [3.63, 3.8) is 0 Å². The molecule has 0 radical (unpaired) electrons. The summed E-state index contributed by atoms with van der Waals surface area (Å²) in [7, 11) is 0. The van der Waals surface area contributed by atoms with Gasteiger partial charge in [-0.25, -0.2) is 0 Å². The van der Waals surface area contributed by atoms with Crippen molar-refractivity contribution in [2.75, 3.05) is 13.2 Å². The van der Waals surface area contributed by atoms with Gasteiger partial charge < -0.3 is 19.7 Å². The second-order valence-electron chi connectivity index (χ2n) is 7.37. The van der Waals surface area contributed by atoms with Crippen LogP contribution in [0, 0.1) is 0 Å². The molecule has 0 spiro atoms. The Morgan fingerprint density at radius 2 is 2.04 bits per heavy atom. The van der Waals surface area contributed by atoms with Crippen LogP contribution in [-0.4, -0.2) is 41.4 Å². The lowest BCUT2D eigenvalue weighted by molar-refractivity contribution is -0.161. The fourth-order valence-corrected chi connectivity index (χ4v) is 4.06. The van der Waals surface area contributed by atoms with Crippen LogP contribution < -0.4 is 4.74 Å². The van der Waals surface area contributed by atoms with Gasteiger partial charge in [-0.2, -0.15) is 0 Å². The number of aliphatic hydroxyl groups is 2. The first kappa shape index (κ1) is 19.4. The third-order valence-corrected chi connectivity index (χ3v) is 5.76. The number of benzene rings is 2.